The molecule has 3 aromatic carbocycles. The third kappa shape index (κ3) is 8.29. The van der Waals surface area contributed by atoms with E-state index in [1.807, 2.05) is 20.8 Å². The van der Waals surface area contributed by atoms with Gasteiger partial charge in [0.1, 0.15) is 24.2 Å². The molecule has 41 heavy (non-hydrogen) atoms. The quantitative estimate of drug-likeness (QED) is 0.308. The van der Waals surface area contributed by atoms with Crippen LogP contribution in [0.5, 0.6) is 5.75 Å². The number of benzene rings is 3. The molecule has 2 amide bonds. The van der Waals surface area contributed by atoms with E-state index in [2.05, 4.69) is 5.32 Å². The van der Waals surface area contributed by atoms with Crippen molar-refractivity contribution in [2.45, 2.75) is 51.6 Å². The van der Waals surface area contributed by atoms with Gasteiger partial charge in [-0.25, -0.2) is 12.8 Å². The molecule has 0 saturated heterocycles. The largest absolute Gasteiger partial charge is 0.497 e. The number of rotatable bonds is 13. The van der Waals surface area contributed by atoms with E-state index >= 15 is 0 Å². The summed E-state index contributed by atoms with van der Waals surface area (Å²) in [5.41, 5.74) is 1.83. The van der Waals surface area contributed by atoms with Crippen molar-refractivity contribution in [1.82, 2.24) is 10.2 Å². The highest BCUT2D eigenvalue weighted by Crippen LogP contribution is 2.26. The number of hydrogen-bond donors (Lipinski definition) is 1. The maximum Gasteiger partial charge on any atom is 0.264 e. The Hall–Kier alpha value is -3.92. The number of hydrogen-bond acceptors (Lipinski definition) is 5. The Bertz CT molecular complexity index is 1410. The molecule has 8 nitrogen and oxygen atoms in total. The molecular weight excluding hydrogens is 545 g/mol. The van der Waals surface area contributed by atoms with E-state index < -0.39 is 34.3 Å². The lowest BCUT2D eigenvalue weighted by Gasteiger charge is -2.33. The average Bonchev–Trinajstić information content (AvgIpc) is 2.96. The van der Waals surface area contributed by atoms with Gasteiger partial charge in [0.25, 0.3) is 10.0 Å². The molecular formula is C31H38FN3O5S. The number of halogens is 1. The second-order valence-corrected chi connectivity index (χ2v) is 12.1. The molecule has 0 aromatic heterocycles. The highest BCUT2D eigenvalue weighted by atomic mass is 32.2. The standard InChI is InChI=1S/C31H38FN3O5S/c1-6-29(31(37)33-19-22(2)3)34(20-24-9-11-25(32)12-10-24)30(36)21-35(26-13-7-23(4)8-14-26)41(38,39)28-17-15-27(40-5)16-18-28/h7-18,22,29H,6,19-21H2,1-5H3,(H,33,37). The summed E-state index contributed by atoms with van der Waals surface area (Å²) in [4.78, 5) is 28.6. The van der Waals surface area contributed by atoms with E-state index in [1.54, 1.807) is 43.3 Å². The van der Waals surface area contributed by atoms with Gasteiger partial charge in [0, 0.05) is 13.1 Å². The number of methoxy groups -OCH3 is 1. The van der Waals surface area contributed by atoms with E-state index in [9.17, 15) is 22.4 Å². The molecule has 0 heterocycles. The fourth-order valence-corrected chi connectivity index (χ4v) is 5.66. The number of carbonyl (C=O) groups excluding carboxylic acids is 2. The summed E-state index contributed by atoms with van der Waals surface area (Å²) in [7, 11) is -2.71. The number of nitrogens with one attached hydrogen (secondary N) is 1. The summed E-state index contributed by atoms with van der Waals surface area (Å²) < 4.78 is 47.7. The van der Waals surface area contributed by atoms with Gasteiger partial charge in [-0.1, -0.05) is 50.6 Å². The molecule has 0 aliphatic carbocycles. The van der Waals surface area contributed by atoms with Crippen molar-refractivity contribution in [2.24, 2.45) is 5.92 Å². The van der Waals surface area contributed by atoms with Gasteiger partial charge in [0.2, 0.25) is 11.8 Å². The van der Waals surface area contributed by atoms with E-state index in [1.165, 1.54) is 48.4 Å². The molecule has 0 bridgehead atoms. The van der Waals surface area contributed by atoms with E-state index in [4.69, 9.17) is 4.74 Å². The molecule has 220 valence electrons. The van der Waals surface area contributed by atoms with Gasteiger partial charge in [-0.2, -0.15) is 0 Å². The van der Waals surface area contributed by atoms with Crippen molar-refractivity contribution in [3.63, 3.8) is 0 Å². The van der Waals surface area contributed by atoms with Crippen LogP contribution in [-0.2, 0) is 26.2 Å². The van der Waals surface area contributed by atoms with Crippen LogP contribution in [-0.4, -0.2) is 51.4 Å². The lowest BCUT2D eigenvalue weighted by molar-refractivity contribution is -0.140. The molecule has 3 aromatic rings. The predicted molar refractivity (Wildman–Crippen MR) is 158 cm³/mol. The molecule has 10 heteroatoms. The Labute approximate surface area is 242 Å². The normalized spacial score (nSPS) is 12.1. The predicted octanol–water partition coefficient (Wildman–Crippen LogP) is 4.92. The summed E-state index contributed by atoms with van der Waals surface area (Å²) >= 11 is 0. The van der Waals surface area contributed by atoms with Crippen molar-refractivity contribution in [1.29, 1.82) is 0 Å². The summed E-state index contributed by atoms with van der Waals surface area (Å²) in [6.07, 6.45) is 0.298. The van der Waals surface area contributed by atoms with E-state index in [0.717, 1.165) is 9.87 Å². The topological polar surface area (TPSA) is 96.0 Å². The smallest absolute Gasteiger partial charge is 0.264 e. The molecule has 3 rings (SSSR count). The highest BCUT2D eigenvalue weighted by Gasteiger charge is 2.33. The van der Waals surface area contributed by atoms with Gasteiger partial charge < -0.3 is 15.0 Å². The second kappa shape index (κ2) is 14.1. The minimum absolute atomic E-state index is 0.00294. The minimum Gasteiger partial charge on any atom is -0.497 e. The summed E-state index contributed by atoms with van der Waals surface area (Å²) in [5, 5.41) is 2.88. The van der Waals surface area contributed by atoms with Crippen LogP contribution in [0.15, 0.2) is 77.7 Å². The van der Waals surface area contributed by atoms with Gasteiger partial charge >= 0.3 is 0 Å². The molecule has 0 aliphatic heterocycles. The first-order valence-electron chi connectivity index (χ1n) is 13.5. The maximum atomic E-state index is 14.0. The average molecular weight is 584 g/mol. The first-order chi connectivity index (χ1) is 19.5. The molecule has 1 N–H and O–H groups in total. The van der Waals surface area contributed by atoms with Crippen molar-refractivity contribution in [2.75, 3.05) is 24.5 Å². The zero-order valence-corrected chi connectivity index (χ0v) is 24.9. The Balaban J connectivity index is 2.03. The summed E-state index contributed by atoms with van der Waals surface area (Å²) in [6.45, 7) is 7.47. The summed E-state index contributed by atoms with van der Waals surface area (Å²) in [5.74, 6) is -0.644. The maximum absolute atomic E-state index is 14.0. The Morgan fingerprint density at radius 1 is 0.951 bits per heavy atom. The number of amides is 2. The molecule has 1 unspecified atom stereocenters. The van der Waals surface area contributed by atoms with Crippen molar-refractivity contribution >= 4 is 27.5 Å². The lowest BCUT2D eigenvalue weighted by atomic mass is 10.1. The van der Waals surface area contributed by atoms with Gasteiger partial charge in [0.05, 0.1) is 17.7 Å². The van der Waals surface area contributed by atoms with Gasteiger partial charge in [-0.05, 0) is 73.4 Å². The first-order valence-corrected chi connectivity index (χ1v) is 14.9. The number of carbonyl (C=O) groups is 2. The second-order valence-electron chi connectivity index (χ2n) is 10.2. The number of ether oxygens (including phenoxy) is 1. The van der Waals surface area contributed by atoms with Crippen molar-refractivity contribution < 1.29 is 27.1 Å². The minimum atomic E-state index is -4.19. The van der Waals surface area contributed by atoms with Crippen molar-refractivity contribution in [3.8, 4) is 5.75 Å². The molecule has 0 spiro atoms. The van der Waals surface area contributed by atoms with Crippen LogP contribution in [0.1, 0.15) is 38.3 Å². The van der Waals surface area contributed by atoms with Crippen molar-refractivity contribution in [3.05, 3.63) is 89.7 Å². The molecule has 0 aliphatic rings. The Morgan fingerprint density at radius 3 is 2.10 bits per heavy atom. The van der Waals surface area contributed by atoms with E-state index in [-0.39, 0.29) is 23.3 Å². The van der Waals surface area contributed by atoms with Crippen LogP contribution in [0, 0.1) is 18.7 Å². The van der Waals surface area contributed by atoms with Crippen LogP contribution >= 0.6 is 0 Å². The van der Waals surface area contributed by atoms with E-state index in [0.29, 0.717) is 30.0 Å². The van der Waals surface area contributed by atoms with Crippen LogP contribution in [0.2, 0.25) is 0 Å². The lowest BCUT2D eigenvalue weighted by Crippen LogP contribution is -2.52. The van der Waals surface area contributed by atoms with Crippen LogP contribution in [0.25, 0.3) is 0 Å². The monoisotopic (exact) mass is 583 g/mol. The van der Waals surface area contributed by atoms with Gasteiger partial charge in [-0.3, -0.25) is 13.9 Å². The molecule has 0 radical (unpaired) electrons. The zero-order chi connectivity index (χ0) is 30.2. The van der Waals surface area contributed by atoms with Gasteiger partial charge in [0.15, 0.2) is 0 Å². The molecule has 1 atom stereocenters. The SMILES string of the molecule is CCC(C(=O)NCC(C)C)N(Cc1ccc(F)cc1)C(=O)CN(c1ccc(C)cc1)S(=O)(=O)c1ccc(OC)cc1. The van der Waals surface area contributed by atoms with Crippen LogP contribution in [0.4, 0.5) is 10.1 Å². The number of anilines is 1. The third-order valence-electron chi connectivity index (χ3n) is 6.58. The number of nitrogens with zero attached hydrogens (tertiary/aromatic N) is 2. The fraction of sp³-hybridized carbons (Fsp3) is 0.355. The molecule has 0 fully saturated rings. The highest BCUT2D eigenvalue weighted by molar-refractivity contribution is 7.92. The number of aryl methyl sites for hydroxylation is 1. The Morgan fingerprint density at radius 2 is 1.56 bits per heavy atom. The fourth-order valence-electron chi connectivity index (χ4n) is 4.24. The van der Waals surface area contributed by atoms with Gasteiger partial charge in [-0.15, -0.1) is 0 Å². The zero-order valence-electron chi connectivity index (χ0n) is 24.1. The van der Waals surface area contributed by atoms with Crippen LogP contribution < -0.4 is 14.4 Å². The van der Waals surface area contributed by atoms with Crippen LogP contribution in [0.3, 0.4) is 0 Å². The number of sulfonamides is 1. The Kier molecular flexibility index (Phi) is 10.9. The summed E-state index contributed by atoms with van der Waals surface area (Å²) in [6, 6.07) is 17.5. The molecule has 0 saturated carbocycles. The third-order valence-corrected chi connectivity index (χ3v) is 8.37. The first kappa shape index (κ1) is 31.6.